The van der Waals surface area contributed by atoms with E-state index in [2.05, 4.69) is 0 Å². The zero-order chi connectivity index (χ0) is 12.8. The molecule has 1 N–H and O–H groups in total. The van der Waals surface area contributed by atoms with E-state index in [1.54, 1.807) is 0 Å². The Morgan fingerprint density at radius 3 is 2.78 bits per heavy atom. The summed E-state index contributed by atoms with van der Waals surface area (Å²) in [7, 11) is 0. The second-order valence-corrected chi connectivity index (χ2v) is 5.04. The fourth-order valence-corrected chi connectivity index (χ4v) is 2.48. The molecule has 0 saturated heterocycles. The molecular weight excluding hydrogens is 228 g/mol. The number of hydrogen-bond donors (Lipinski definition) is 1. The first-order valence-electron chi connectivity index (χ1n) is 6.61. The third-order valence-corrected chi connectivity index (χ3v) is 3.45. The largest absolute Gasteiger partial charge is 0.461 e. The van der Waals surface area contributed by atoms with Gasteiger partial charge in [0.2, 0.25) is 0 Å². The van der Waals surface area contributed by atoms with Crippen LogP contribution in [0.4, 0.5) is 0 Å². The first-order chi connectivity index (χ1) is 8.74. The molecule has 98 valence electrons. The summed E-state index contributed by atoms with van der Waals surface area (Å²) in [4.78, 5) is 11.7. The van der Waals surface area contributed by atoms with Gasteiger partial charge < -0.3 is 9.84 Å². The second kappa shape index (κ2) is 6.55. The van der Waals surface area contributed by atoms with Gasteiger partial charge in [0.05, 0.1) is 6.10 Å². The molecule has 3 nitrogen and oxygen atoms in total. The highest BCUT2D eigenvalue weighted by Gasteiger charge is 2.22. The first-order valence-corrected chi connectivity index (χ1v) is 6.61. The summed E-state index contributed by atoms with van der Waals surface area (Å²) in [6.45, 7) is 0.342. The highest BCUT2D eigenvalue weighted by atomic mass is 16.5. The van der Waals surface area contributed by atoms with Gasteiger partial charge in [-0.1, -0.05) is 36.8 Å². The summed E-state index contributed by atoms with van der Waals surface area (Å²) in [6.07, 6.45) is 3.85. The first kappa shape index (κ1) is 13.1. The van der Waals surface area contributed by atoms with Crippen molar-refractivity contribution in [2.45, 2.75) is 44.8 Å². The lowest BCUT2D eigenvalue weighted by molar-refractivity contribution is -0.146. The number of benzene rings is 1. The third kappa shape index (κ3) is 4.15. The fraction of sp³-hybridized carbons (Fsp3) is 0.533. The highest BCUT2D eigenvalue weighted by molar-refractivity contribution is 5.69. The van der Waals surface area contributed by atoms with Crippen molar-refractivity contribution in [3.05, 3.63) is 35.9 Å². The maximum Gasteiger partial charge on any atom is 0.306 e. The number of rotatable bonds is 4. The van der Waals surface area contributed by atoms with Gasteiger partial charge in [-0.2, -0.15) is 0 Å². The molecule has 2 rings (SSSR count). The Morgan fingerprint density at radius 2 is 2.06 bits per heavy atom. The van der Waals surface area contributed by atoms with Crippen LogP contribution in [0.2, 0.25) is 0 Å². The van der Waals surface area contributed by atoms with Crippen molar-refractivity contribution in [1.29, 1.82) is 0 Å². The van der Waals surface area contributed by atoms with Crippen LogP contribution < -0.4 is 0 Å². The normalized spacial score (nSPS) is 23.6. The van der Waals surface area contributed by atoms with E-state index in [0.29, 0.717) is 13.0 Å². The number of aliphatic hydroxyl groups is 1. The lowest BCUT2D eigenvalue weighted by atomic mass is 9.85. The molecule has 2 atom stereocenters. The van der Waals surface area contributed by atoms with Crippen LogP contribution in [0.25, 0.3) is 0 Å². The van der Waals surface area contributed by atoms with E-state index in [1.807, 2.05) is 30.3 Å². The quantitative estimate of drug-likeness (QED) is 0.833. The Bertz CT molecular complexity index is 375. The summed E-state index contributed by atoms with van der Waals surface area (Å²) < 4.78 is 5.25. The molecule has 0 spiro atoms. The molecule has 3 heteroatoms. The smallest absolute Gasteiger partial charge is 0.306 e. The molecule has 1 aliphatic carbocycles. The van der Waals surface area contributed by atoms with Gasteiger partial charge in [-0.3, -0.25) is 4.79 Å². The van der Waals surface area contributed by atoms with Crippen molar-refractivity contribution in [1.82, 2.24) is 0 Å². The molecule has 18 heavy (non-hydrogen) atoms. The molecule has 0 amide bonds. The minimum Gasteiger partial charge on any atom is -0.461 e. The SMILES string of the molecule is O=C(C[C@H]1CCC[C@H](O)C1)OCc1ccccc1. The van der Waals surface area contributed by atoms with E-state index >= 15 is 0 Å². The molecule has 0 aromatic heterocycles. The summed E-state index contributed by atoms with van der Waals surface area (Å²) in [5.74, 6) is 0.134. The zero-order valence-corrected chi connectivity index (χ0v) is 10.5. The average molecular weight is 248 g/mol. The monoisotopic (exact) mass is 248 g/mol. The van der Waals surface area contributed by atoms with Crippen molar-refractivity contribution in [3.8, 4) is 0 Å². The Hall–Kier alpha value is -1.35. The predicted octanol–water partition coefficient (Wildman–Crippen LogP) is 2.67. The summed E-state index contributed by atoms with van der Waals surface area (Å²) in [6, 6.07) is 9.69. The fourth-order valence-electron chi connectivity index (χ4n) is 2.48. The minimum absolute atomic E-state index is 0.155. The van der Waals surface area contributed by atoms with Gasteiger partial charge in [0, 0.05) is 6.42 Å². The van der Waals surface area contributed by atoms with Crippen molar-refractivity contribution < 1.29 is 14.6 Å². The maximum atomic E-state index is 11.7. The maximum absolute atomic E-state index is 11.7. The molecule has 0 aliphatic heterocycles. The topological polar surface area (TPSA) is 46.5 Å². The van der Waals surface area contributed by atoms with Crippen molar-refractivity contribution in [3.63, 3.8) is 0 Å². The number of carbonyl (C=O) groups excluding carboxylic acids is 1. The third-order valence-electron chi connectivity index (χ3n) is 3.45. The second-order valence-electron chi connectivity index (χ2n) is 5.04. The van der Waals surface area contributed by atoms with Gasteiger partial charge in [0.25, 0.3) is 0 Å². The summed E-state index contributed by atoms with van der Waals surface area (Å²) in [5, 5.41) is 9.55. The van der Waals surface area contributed by atoms with Gasteiger partial charge in [-0.05, 0) is 30.7 Å². The number of aliphatic hydroxyl groups excluding tert-OH is 1. The Balaban J connectivity index is 1.72. The number of hydrogen-bond acceptors (Lipinski definition) is 3. The molecule has 0 radical (unpaired) electrons. The van der Waals surface area contributed by atoms with E-state index in [1.165, 1.54) is 0 Å². The van der Waals surface area contributed by atoms with E-state index in [9.17, 15) is 9.90 Å². The van der Waals surface area contributed by atoms with Gasteiger partial charge in [-0.15, -0.1) is 0 Å². The summed E-state index contributed by atoms with van der Waals surface area (Å²) in [5.41, 5.74) is 1.01. The lowest BCUT2D eigenvalue weighted by Crippen LogP contribution is -2.22. The van der Waals surface area contributed by atoms with Gasteiger partial charge in [-0.25, -0.2) is 0 Å². The highest BCUT2D eigenvalue weighted by Crippen LogP contribution is 2.27. The van der Waals surface area contributed by atoms with Crippen LogP contribution in [0.5, 0.6) is 0 Å². The van der Waals surface area contributed by atoms with Crippen molar-refractivity contribution in [2.75, 3.05) is 0 Å². The lowest BCUT2D eigenvalue weighted by Gasteiger charge is -2.24. The standard InChI is InChI=1S/C15H20O3/c16-14-8-4-7-13(9-14)10-15(17)18-11-12-5-2-1-3-6-12/h1-3,5-6,13-14,16H,4,7-11H2/t13-,14-/m0/s1. The van der Waals surface area contributed by atoms with E-state index in [4.69, 9.17) is 4.74 Å². The van der Waals surface area contributed by atoms with Gasteiger partial charge in [0.1, 0.15) is 6.61 Å². The van der Waals surface area contributed by atoms with Crippen LogP contribution in [-0.4, -0.2) is 17.2 Å². The Labute approximate surface area is 108 Å². The minimum atomic E-state index is -0.231. The average Bonchev–Trinajstić information content (AvgIpc) is 2.38. The van der Waals surface area contributed by atoms with E-state index in [-0.39, 0.29) is 18.0 Å². The molecule has 1 aromatic rings. The Morgan fingerprint density at radius 1 is 1.28 bits per heavy atom. The molecular formula is C15H20O3. The van der Waals surface area contributed by atoms with Crippen LogP contribution in [0.1, 0.15) is 37.7 Å². The molecule has 0 bridgehead atoms. The van der Waals surface area contributed by atoms with Crippen LogP contribution in [0, 0.1) is 5.92 Å². The van der Waals surface area contributed by atoms with Crippen molar-refractivity contribution >= 4 is 5.97 Å². The van der Waals surface area contributed by atoms with Crippen LogP contribution >= 0.6 is 0 Å². The van der Waals surface area contributed by atoms with E-state index < -0.39 is 0 Å². The molecule has 1 aliphatic rings. The molecule has 1 fully saturated rings. The van der Waals surface area contributed by atoms with E-state index in [0.717, 1.165) is 31.2 Å². The zero-order valence-electron chi connectivity index (χ0n) is 10.5. The molecule has 0 heterocycles. The van der Waals surface area contributed by atoms with Crippen LogP contribution in [-0.2, 0) is 16.1 Å². The van der Waals surface area contributed by atoms with Gasteiger partial charge in [0.15, 0.2) is 0 Å². The molecule has 0 unspecified atom stereocenters. The predicted molar refractivity (Wildman–Crippen MR) is 68.8 cm³/mol. The van der Waals surface area contributed by atoms with Gasteiger partial charge >= 0.3 is 5.97 Å². The summed E-state index contributed by atoms with van der Waals surface area (Å²) >= 11 is 0. The van der Waals surface area contributed by atoms with Crippen LogP contribution in [0.3, 0.4) is 0 Å². The molecule has 1 aromatic carbocycles. The van der Waals surface area contributed by atoms with Crippen molar-refractivity contribution in [2.24, 2.45) is 5.92 Å². The number of ether oxygens (including phenoxy) is 1. The molecule has 1 saturated carbocycles. The number of carbonyl (C=O) groups is 1. The Kier molecular flexibility index (Phi) is 4.76. The van der Waals surface area contributed by atoms with Crippen LogP contribution in [0.15, 0.2) is 30.3 Å². The number of esters is 1.